The molecule has 130 valence electrons. The van der Waals surface area contributed by atoms with E-state index in [0.717, 1.165) is 24.5 Å². The molecule has 2 heteroatoms. The van der Waals surface area contributed by atoms with Gasteiger partial charge in [-0.05, 0) is 59.6 Å². The lowest BCUT2D eigenvalue weighted by Gasteiger charge is -2.23. The van der Waals surface area contributed by atoms with Crippen molar-refractivity contribution in [2.75, 3.05) is 13.7 Å². The van der Waals surface area contributed by atoms with Gasteiger partial charge in [0.2, 0.25) is 0 Å². The van der Waals surface area contributed by atoms with Crippen LogP contribution >= 0.6 is 0 Å². The Morgan fingerprint density at radius 3 is 2.25 bits per heavy atom. The van der Waals surface area contributed by atoms with E-state index in [1.807, 2.05) is 12.1 Å². The number of methoxy groups -OCH3 is 1. The minimum absolute atomic E-state index is 0.0879. The fourth-order valence-electron chi connectivity index (χ4n) is 2.81. The van der Waals surface area contributed by atoms with Crippen molar-refractivity contribution in [2.24, 2.45) is 0 Å². The minimum atomic E-state index is 0.0879. The van der Waals surface area contributed by atoms with E-state index in [0.29, 0.717) is 5.92 Å². The maximum absolute atomic E-state index is 6.16. The SMILES string of the molecule is COc1ccc(C(C)CCOc2cc(C)ccc2C(C)(C)C)cc1. The molecule has 1 unspecified atom stereocenters. The van der Waals surface area contributed by atoms with Crippen LogP contribution in [-0.2, 0) is 5.41 Å². The first-order chi connectivity index (χ1) is 11.3. The minimum Gasteiger partial charge on any atom is -0.497 e. The molecule has 0 fully saturated rings. The summed E-state index contributed by atoms with van der Waals surface area (Å²) in [6, 6.07) is 14.8. The van der Waals surface area contributed by atoms with Gasteiger partial charge in [-0.25, -0.2) is 0 Å². The number of rotatable bonds is 6. The summed E-state index contributed by atoms with van der Waals surface area (Å²) in [5.74, 6) is 2.38. The van der Waals surface area contributed by atoms with E-state index in [9.17, 15) is 0 Å². The fraction of sp³-hybridized carbons (Fsp3) is 0.455. The number of ether oxygens (including phenoxy) is 2. The Labute approximate surface area is 146 Å². The van der Waals surface area contributed by atoms with Gasteiger partial charge >= 0.3 is 0 Å². The average molecular weight is 326 g/mol. The third-order valence-electron chi connectivity index (χ3n) is 4.44. The molecule has 0 bridgehead atoms. The molecule has 0 aliphatic rings. The van der Waals surface area contributed by atoms with Crippen LogP contribution in [0.5, 0.6) is 11.5 Å². The number of aryl methyl sites for hydroxylation is 1. The van der Waals surface area contributed by atoms with Crippen molar-refractivity contribution in [3.63, 3.8) is 0 Å². The van der Waals surface area contributed by atoms with Gasteiger partial charge in [0.25, 0.3) is 0 Å². The van der Waals surface area contributed by atoms with E-state index in [1.165, 1.54) is 16.7 Å². The molecule has 0 heterocycles. The quantitative estimate of drug-likeness (QED) is 0.660. The zero-order valence-corrected chi connectivity index (χ0v) is 15.8. The molecular weight excluding hydrogens is 296 g/mol. The first kappa shape index (κ1) is 18.4. The Kier molecular flexibility index (Phi) is 5.93. The summed E-state index contributed by atoms with van der Waals surface area (Å²) < 4.78 is 11.4. The number of benzene rings is 2. The Hall–Kier alpha value is -1.96. The molecule has 0 saturated carbocycles. The molecule has 2 nitrogen and oxygen atoms in total. The van der Waals surface area contributed by atoms with Crippen molar-refractivity contribution in [3.05, 3.63) is 59.2 Å². The third kappa shape index (κ3) is 4.77. The zero-order valence-electron chi connectivity index (χ0n) is 15.8. The second kappa shape index (κ2) is 7.74. The Morgan fingerprint density at radius 2 is 1.67 bits per heavy atom. The van der Waals surface area contributed by atoms with Gasteiger partial charge in [-0.15, -0.1) is 0 Å². The second-order valence-electron chi connectivity index (χ2n) is 7.56. The Balaban J connectivity index is 1.99. The Bertz CT molecular complexity index is 651. The molecule has 2 rings (SSSR count). The van der Waals surface area contributed by atoms with Crippen molar-refractivity contribution in [2.45, 2.75) is 52.4 Å². The van der Waals surface area contributed by atoms with Crippen LogP contribution in [0.2, 0.25) is 0 Å². The highest BCUT2D eigenvalue weighted by atomic mass is 16.5. The molecule has 2 aromatic rings. The summed E-state index contributed by atoms with van der Waals surface area (Å²) in [7, 11) is 1.70. The zero-order chi connectivity index (χ0) is 17.7. The fourth-order valence-corrected chi connectivity index (χ4v) is 2.81. The molecule has 1 atom stereocenters. The molecule has 0 radical (unpaired) electrons. The smallest absolute Gasteiger partial charge is 0.123 e. The van der Waals surface area contributed by atoms with E-state index in [4.69, 9.17) is 9.47 Å². The lowest BCUT2D eigenvalue weighted by molar-refractivity contribution is 0.293. The van der Waals surface area contributed by atoms with Crippen molar-refractivity contribution in [3.8, 4) is 11.5 Å². The van der Waals surface area contributed by atoms with E-state index in [2.05, 4.69) is 65.0 Å². The summed E-state index contributed by atoms with van der Waals surface area (Å²) in [4.78, 5) is 0. The molecule has 24 heavy (non-hydrogen) atoms. The molecule has 0 saturated heterocycles. The van der Waals surface area contributed by atoms with Gasteiger partial charge < -0.3 is 9.47 Å². The van der Waals surface area contributed by atoms with Crippen LogP contribution in [0, 0.1) is 6.92 Å². The largest absolute Gasteiger partial charge is 0.497 e. The van der Waals surface area contributed by atoms with Gasteiger partial charge in [-0.1, -0.05) is 52.0 Å². The molecule has 0 amide bonds. The summed E-state index contributed by atoms with van der Waals surface area (Å²) in [5, 5.41) is 0. The number of hydrogen-bond donors (Lipinski definition) is 0. The molecule has 0 spiro atoms. The van der Waals surface area contributed by atoms with Crippen LogP contribution in [-0.4, -0.2) is 13.7 Å². The van der Waals surface area contributed by atoms with Crippen molar-refractivity contribution in [1.82, 2.24) is 0 Å². The maximum Gasteiger partial charge on any atom is 0.123 e. The van der Waals surface area contributed by atoms with E-state index < -0.39 is 0 Å². The highest BCUT2D eigenvalue weighted by molar-refractivity contribution is 5.41. The van der Waals surface area contributed by atoms with Crippen LogP contribution in [0.25, 0.3) is 0 Å². The van der Waals surface area contributed by atoms with Gasteiger partial charge in [-0.2, -0.15) is 0 Å². The van der Waals surface area contributed by atoms with E-state index >= 15 is 0 Å². The van der Waals surface area contributed by atoms with Gasteiger partial charge in [0.1, 0.15) is 11.5 Å². The summed E-state index contributed by atoms with van der Waals surface area (Å²) >= 11 is 0. The first-order valence-corrected chi connectivity index (χ1v) is 8.69. The normalized spacial score (nSPS) is 12.8. The monoisotopic (exact) mass is 326 g/mol. The van der Waals surface area contributed by atoms with Crippen molar-refractivity contribution < 1.29 is 9.47 Å². The summed E-state index contributed by atoms with van der Waals surface area (Å²) in [6.07, 6.45) is 0.990. The van der Waals surface area contributed by atoms with E-state index in [-0.39, 0.29) is 5.41 Å². The number of hydrogen-bond acceptors (Lipinski definition) is 2. The van der Waals surface area contributed by atoms with Crippen LogP contribution in [0.4, 0.5) is 0 Å². The van der Waals surface area contributed by atoms with Crippen LogP contribution in [0.1, 0.15) is 56.7 Å². The molecule has 0 aromatic heterocycles. The predicted molar refractivity (Wildman–Crippen MR) is 101 cm³/mol. The molecular formula is C22H30O2. The topological polar surface area (TPSA) is 18.5 Å². The Morgan fingerprint density at radius 1 is 1.00 bits per heavy atom. The van der Waals surface area contributed by atoms with Crippen LogP contribution < -0.4 is 9.47 Å². The molecule has 0 N–H and O–H groups in total. The van der Waals surface area contributed by atoms with Gasteiger partial charge in [0.05, 0.1) is 13.7 Å². The first-order valence-electron chi connectivity index (χ1n) is 8.69. The maximum atomic E-state index is 6.16. The van der Waals surface area contributed by atoms with Crippen molar-refractivity contribution >= 4 is 0 Å². The standard InChI is InChI=1S/C22H30O2/c1-16-7-12-20(22(3,4)5)21(15-16)24-14-13-17(2)18-8-10-19(23-6)11-9-18/h7-12,15,17H,13-14H2,1-6H3. The second-order valence-corrected chi connectivity index (χ2v) is 7.56. The lowest BCUT2D eigenvalue weighted by Crippen LogP contribution is -2.14. The van der Waals surface area contributed by atoms with Crippen molar-refractivity contribution in [1.29, 1.82) is 0 Å². The molecule has 0 aliphatic heterocycles. The third-order valence-corrected chi connectivity index (χ3v) is 4.44. The van der Waals surface area contributed by atoms with Gasteiger partial charge in [-0.3, -0.25) is 0 Å². The molecule has 0 aliphatic carbocycles. The summed E-state index contributed by atoms with van der Waals surface area (Å²) in [5.41, 5.74) is 3.91. The highest BCUT2D eigenvalue weighted by Gasteiger charge is 2.19. The lowest BCUT2D eigenvalue weighted by atomic mass is 9.86. The highest BCUT2D eigenvalue weighted by Crippen LogP contribution is 2.32. The van der Waals surface area contributed by atoms with Gasteiger partial charge in [0, 0.05) is 0 Å². The van der Waals surface area contributed by atoms with E-state index in [1.54, 1.807) is 7.11 Å². The average Bonchev–Trinajstić information content (AvgIpc) is 2.53. The van der Waals surface area contributed by atoms with Crippen LogP contribution in [0.3, 0.4) is 0 Å². The summed E-state index contributed by atoms with van der Waals surface area (Å²) in [6.45, 7) is 11.8. The van der Waals surface area contributed by atoms with Crippen LogP contribution in [0.15, 0.2) is 42.5 Å². The molecule has 2 aromatic carbocycles. The van der Waals surface area contributed by atoms with Gasteiger partial charge in [0.15, 0.2) is 0 Å². The predicted octanol–water partition coefficient (Wildman–Crippen LogP) is 5.87.